The molecule has 3 rings (SSSR count). The number of rotatable bonds is 3. The van der Waals surface area contributed by atoms with Crippen LogP contribution in [0.4, 0.5) is 4.39 Å². The molecule has 0 bridgehead atoms. The van der Waals surface area contributed by atoms with Gasteiger partial charge in [0.2, 0.25) is 0 Å². The summed E-state index contributed by atoms with van der Waals surface area (Å²) in [5.74, 6) is -0.388. The molecule has 4 nitrogen and oxygen atoms in total. The van der Waals surface area contributed by atoms with Crippen molar-refractivity contribution in [3.05, 3.63) is 34.5 Å². The Labute approximate surface area is 138 Å². The summed E-state index contributed by atoms with van der Waals surface area (Å²) in [6.45, 7) is 4.02. The van der Waals surface area contributed by atoms with Gasteiger partial charge in [-0.3, -0.25) is 4.79 Å². The number of fused-ring (bicyclic) bond motifs is 1. The van der Waals surface area contributed by atoms with Crippen LogP contribution in [0.2, 0.25) is 0 Å². The number of hydrogen-bond donors (Lipinski definition) is 0. The third-order valence-electron chi connectivity index (χ3n) is 4.35. The first kappa shape index (κ1) is 16.4. The molecule has 1 aliphatic heterocycles. The van der Waals surface area contributed by atoms with Crippen molar-refractivity contribution < 1.29 is 17.6 Å². The number of carbonyl (C=O) groups is 1. The van der Waals surface area contributed by atoms with Crippen molar-refractivity contribution in [2.75, 3.05) is 18.1 Å². The largest absolute Gasteiger partial charge is 0.334 e. The molecule has 0 unspecified atom stereocenters. The number of hydrogen-bond acceptors (Lipinski definition) is 4. The van der Waals surface area contributed by atoms with Crippen LogP contribution >= 0.6 is 11.3 Å². The molecule has 1 fully saturated rings. The topological polar surface area (TPSA) is 54.5 Å². The third kappa shape index (κ3) is 2.87. The molecule has 1 amide bonds. The highest BCUT2D eigenvalue weighted by atomic mass is 32.2. The van der Waals surface area contributed by atoms with Crippen LogP contribution in [0.15, 0.2) is 18.2 Å². The Kier molecular flexibility index (Phi) is 4.18. The van der Waals surface area contributed by atoms with E-state index < -0.39 is 9.84 Å². The standard InChI is InChI=1S/C16H18FNO3S2/c1-3-18(11-7-8-23(20,21)9-11)16(19)15-10(2)14-12(17)5-4-6-13(14)22-15/h4-6,11H,3,7-9H2,1-2H3/t11-/m1/s1. The molecule has 0 radical (unpaired) electrons. The lowest BCUT2D eigenvalue weighted by Crippen LogP contribution is -2.40. The lowest BCUT2D eigenvalue weighted by Gasteiger charge is -2.26. The fourth-order valence-corrected chi connectivity index (χ4v) is 6.09. The van der Waals surface area contributed by atoms with Crippen molar-refractivity contribution in [2.24, 2.45) is 0 Å². The average Bonchev–Trinajstić information content (AvgIpc) is 3.01. The first-order valence-corrected chi connectivity index (χ1v) is 10.2. The Morgan fingerprint density at radius 1 is 1.43 bits per heavy atom. The number of thiophene rings is 1. The van der Waals surface area contributed by atoms with Crippen LogP contribution < -0.4 is 0 Å². The summed E-state index contributed by atoms with van der Waals surface area (Å²) >= 11 is 1.27. The van der Waals surface area contributed by atoms with Crippen molar-refractivity contribution in [2.45, 2.75) is 26.3 Å². The Morgan fingerprint density at radius 2 is 2.17 bits per heavy atom. The number of benzene rings is 1. The quantitative estimate of drug-likeness (QED) is 0.850. The molecule has 0 spiro atoms. The molecule has 1 atom stereocenters. The molecule has 0 saturated carbocycles. The van der Waals surface area contributed by atoms with Crippen LogP contribution in [-0.4, -0.2) is 43.3 Å². The summed E-state index contributed by atoms with van der Waals surface area (Å²) in [5.41, 5.74) is 0.632. The predicted octanol–water partition coefficient (Wildman–Crippen LogP) is 3.00. The van der Waals surface area contributed by atoms with Gasteiger partial charge in [0, 0.05) is 22.7 Å². The van der Waals surface area contributed by atoms with Gasteiger partial charge in [-0.15, -0.1) is 11.3 Å². The summed E-state index contributed by atoms with van der Waals surface area (Å²) < 4.78 is 38.1. The van der Waals surface area contributed by atoms with E-state index in [0.717, 1.165) is 4.70 Å². The highest BCUT2D eigenvalue weighted by Gasteiger charge is 2.35. The van der Waals surface area contributed by atoms with Gasteiger partial charge in [0.1, 0.15) is 5.82 Å². The zero-order valence-electron chi connectivity index (χ0n) is 13.0. The highest BCUT2D eigenvalue weighted by Crippen LogP contribution is 2.34. The third-order valence-corrected chi connectivity index (χ3v) is 7.34. The van der Waals surface area contributed by atoms with Gasteiger partial charge in [0.15, 0.2) is 9.84 Å². The molecule has 1 aromatic carbocycles. The van der Waals surface area contributed by atoms with E-state index >= 15 is 0 Å². The summed E-state index contributed by atoms with van der Waals surface area (Å²) in [7, 11) is -3.06. The van der Waals surface area contributed by atoms with Crippen LogP contribution in [0.25, 0.3) is 10.1 Å². The van der Waals surface area contributed by atoms with Crippen LogP contribution in [-0.2, 0) is 9.84 Å². The molecule has 2 aromatic rings. The number of aryl methyl sites for hydroxylation is 1. The van der Waals surface area contributed by atoms with Crippen molar-refractivity contribution in [1.82, 2.24) is 4.90 Å². The lowest BCUT2D eigenvalue weighted by molar-refractivity contribution is 0.0713. The lowest BCUT2D eigenvalue weighted by atomic mass is 10.1. The van der Waals surface area contributed by atoms with E-state index in [1.54, 1.807) is 24.0 Å². The summed E-state index contributed by atoms with van der Waals surface area (Å²) in [6, 6.07) is 4.52. The van der Waals surface area contributed by atoms with Crippen LogP contribution in [0.3, 0.4) is 0 Å². The van der Waals surface area contributed by atoms with Crippen molar-refractivity contribution in [1.29, 1.82) is 0 Å². The van der Waals surface area contributed by atoms with Gasteiger partial charge in [-0.1, -0.05) is 6.07 Å². The SMILES string of the molecule is CCN(C(=O)c1sc2cccc(F)c2c1C)[C@@H]1CCS(=O)(=O)C1. The van der Waals surface area contributed by atoms with E-state index in [1.807, 2.05) is 6.92 Å². The van der Waals surface area contributed by atoms with Crippen molar-refractivity contribution in [3.63, 3.8) is 0 Å². The normalized spacial score (nSPS) is 20.0. The molecule has 2 heterocycles. The van der Waals surface area contributed by atoms with Crippen LogP contribution in [0, 0.1) is 12.7 Å². The van der Waals surface area contributed by atoms with E-state index in [-0.39, 0.29) is 29.3 Å². The van der Waals surface area contributed by atoms with Gasteiger partial charge in [-0.2, -0.15) is 0 Å². The van der Waals surface area contributed by atoms with Crippen molar-refractivity contribution >= 4 is 37.2 Å². The average molecular weight is 355 g/mol. The highest BCUT2D eigenvalue weighted by molar-refractivity contribution is 7.91. The van der Waals surface area contributed by atoms with Gasteiger partial charge in [0.05, 0.1) is 16.4 Å². The summed E-state index contributed by atoms with van der Waals surface area (Å²) in [4.78, 5) is 15.0. The van der Waals surface area contributed by atoms with Crippen molar-refractivity contribution in [3.8, 4) is 0 Å². The number of nitrogens with zero attached hydrogens (tertiary/aromatic N) is 1. The molecular weight excluding hydrogens is 337 g/mol. The Morgan fingerprint density at radius 3 is 2.74 bits per heavy atom. The van der Waals surface area contributed by atoms with Gasteiger partial charge in [0.25, 0.3) is 5.91 Å². The minimum atomic E-state index is -3.06. The summed E-state index contributed by atoms with van der Waals surface area (Å²) in [6.07, 6.45) is 0.472. The summed E-state index contributed by atoms with van der Waals surface area (Å²) in [5, 5.41) is 0.482. The van der Waals surface area contributed by atoms with Gasteiger partial charge >= 0.3 is 0 Å². The Hall–Kier alpha value is -1.47. The smallest absolute Gasteiger partial charge is 0.264 e. The molecule has 1 saturated heterocycles. The minimum absolute atomic E-state index is 0.0187. The molecule has 0 N–H and O–H groups in total. The first-order valence-electron chi connectivity index (χ1n) is 7.53. The number of sulfone groups is 1. The predicted molar refractivity (Wildman–Crippen MR) is 90.3 cm³/mol. The second-order valence-electron chi connectivity index (χ2n) is 5.82. The maximum atomic E-state index is 14.0. The van der Waals surface area contributed by atoms with E-state index in [2.05, 4.69) is 0 Å². The minimum Gasteiger partial charge on any atom is -0.334 e. The number of carbonyl (C=O) groups excluding carboxylic acids is 1. The molecule has 7 heteroatoms. The second-order valence-corrected chi connectivity index (χ2v) is 9.10. The second kappa shape index (κ2) is 5.87. The molecular formula is C16H18FNO3S2. The Balaban J connectivity index is 1.99. The molecule has 0 aliphatic carbocycles. The maximum absolute atomic E-state index is 14.0. The molecule has 124 valence electrons. The van der Waals surface area contributed by atoms with E-state index in [1.165, 1.54) is 17.4 Å². The first-order chi connectivity index (χ1) is 10.8. The van der Waals surface area contributed by atoms with E-state index in [9.17, 15) is 17.6 Å². The van der Waals surface area contributed by atoms with Gasteiger partial charge in [-0.25, -0.2) is 12.8 Å². The zero-order chi connectivity index (χ0) is 16.8. The maximum Gasteiger partial charge on any atom is 0.264 e. The monoisotopic (exact) mass is 355 g/mol. The van der Waals surface area contributed by atoms with E-state index in [4.69, 9.17) is 0 Å². The molecule has 23 heavy (non-hydrogen) atoms. The fourth-order valence-electron chi connectivity index (χ4n) is 3.18. The van der Waals surface area contributed by atoms with E-state index in [0.29, 0.717) is 28.8 Å². The van der Waals surface area contributed by atoms with Gasteiger partial charge < -0.3 is 4.90 Å². The molecule has 1 aliphatic rings. The Bertz CT molecular complexity index is 873. The zero-order valence-corrected chi connectivity index (χ0v) is 14.6. The van der Waals surface area contributed by atoms with Crippen LogP contribution in [0.5, 0.6) is 0 Å². The van der Waals surface area contributed by atoms with Gasteiger partial charge in [-0.05, 0) is 38.0 Å². The fraction of sp³-hybridized carbons (Fsp3) is 0.438. The number of amides is 1. The number of halogens is 1. The molecule has 1 aromatic heterocycles. The van der Waals surface area contributed by atoms with Crippen LogP contribution in [0.1, 0.15) is 28.6 Å².